The lowest BCUT2D eigenvalue weighted by atomic mass is 10.3. The predicted octanol–water partition coefficient (Wildman–Crippen LogP) is 2.74. The lowest BCUT2D eigenvalue weighted by molar-refractivity contribution is -0.119. The minimum Gasteiger partial charge on any atom is -0.333 e. The van der Waals surface area contributed by atoms with E-state index in [1.807, 2.05) is 33.8 Å². The van der Waals surface area contributed by atoms with Gasteiger partial charge in [0.05, 0.1) is 5.69 Å². The summed E-state index contributed by atoms with van der Waals surface area (Å²) in [6.45, 7) is 8.00. The zero-order chi connectivity index (χ0) is 15.3. The van der Waals surface area contributed by atoms with Crippen molar-refractivity contribution in [2.45, 2.75) is 27.7 Å². The van der Waals surface area contributed by atoms with Gasteiger partial charge in [-0.25, -0.2) is 4.90 Å². The Balaban J connectivity index is 0. The summed E-state index contributed by atoms with van der Waals surface area (Å²) in [6.07, 6.45) is 2.55. The van der Waals surface area contributed by atoms with Gasteiger partial charge in [-0.3, -0.25) is 9.59 Å². The van der Waals surface area contributed by atoms with E-state index in [4.69, 9.17) is 0 Å². The second-order valence-electron chi connectivity index (χ2n) is 2.68. The van der Waals surface area contributed by atoms with Crippen molar-refractivity contribution < 1.29 is 9.59 Å². The second-order valence-corrected chi connectivity index (χ2v) is 2.68. The molecule has 19 heavy (non-hydrogen) atoms. The molecule has 2 rings (SSSR count). The van der Waals surface area contributed by atoms with Gasteiger partial charge in [0.2, 0.25) is 0 Å². The maximum Gasteiger partial charge on any atom is 0.258 e. The molecule has 1 heterocycles. The molecule has 1 aromatic carbocycles. The summed E-state index contributed by atoms with van der Waals surface area (Å²) < 4.78 is 0. The molecule has 0 spiro atoms. The Hall–Kier alpha value is -1.94. The minimum atomic E-state index is -0.281. The maximum absolute atomic E-state index is 11.2. The Morgan fingerprint density at radius 2 is 1.16 bits per heavy atom. The lowest BCUT2D eigenvalue weighted by Gasteiger charge is -2.12. The molecule has 1 aromatic rings. The number of rotatable bonds is 1. The molecule has 0 saturated carbocycles. The average molecular weight is 264 g/mol. The summed E-state index contributed by atoms with van der Waals surface area (Å²) in [5.41, 5.74) is 5.11. The monoisotopic (exact) mass is 264 g/mol. The second kappa shape index (κ2) is 12.5. The number of hydrogen-bond acceptors (Lipinski definition) is 3. The Morgan fingerprint density at radius 3 is 1.53 bits per heavy atom. The highest BCUT2D eigenvalue weighted by atomic mass is 16.2. The van der Waals surface area contributed by atoms with E-state index in [9.17, 15) is 9.59 Å². The fraction of sp³-hybridized carbons (Fsp3) is 0.333. The number of nitrogens with two attached hydrogens (primary N) is 1. The molecule has 0 fully saturated rings. The zero-order valence-electron chi connectivity index (χ0n) is 12.4. The van der Waals surface area contributed by atoms with Crippen LogP contribution in [-0.2, 0) is 9.59 Å². The first-order valence-corrected chi connectivity index (χ1v) is 6.48. The quantitative estimate of drug-likeness (QED) is 0.793. The zero-order valence-corrected chi connectivity index (χ0v) is 12.4. The molecule has 0 atom stereocenters. The third kappa shape index (κ3) is 5.97. The van der Waals surface area contributed by atoms with Crippen LogP contribution < -0.4 is 10.6 Å². The van der Waals surface area contributed by atoms with Crippen LogP contribution in [0.15, 0.2) is 42.5 Å². The number of nitrogens with zero attached hydrogens (tertiary/aromatic N) is 1. The van der Waals surface area contributed by atoms with Crippen LogP contribution in [0.2, 0.25) is 0 Å². The first kappa shape index (κ1) is 19.4. The van der Waals surface area contributed by atoms with Crippen LogP contribution >= 0.6 is 0 Å². The molecule has 2 amide bonds. The van der Waals surface area contributed by atoms with E-state index < -0.39 is 0 Å². The number of benzene rings is 1. The Labute approximate surface area is 115 Å². The normalized spacial score (nSPS) is 11.6. The van der Waals surface area contributed by atoms with Gasteiger partial charge < -0.3 is 5.73 Å². The van der Waals surface area contributed by atoms with Crippen LogP contribution in [0.5, 0.6) is 0 Å². The smallest absolute Gasteiger partial charge is 0.258 e. The number of anilines is 1. The topological polar surface area (TPSA) is 63.4 Å². The van der Waals surface area contributed by atoms with E-state index in [0.29, 0.717) is 5.69 Å². The average Bonchev–Trinajstić information content (AvgIpc) is 2.85. The van der Waals surface area contributed by atoms with Crippen molar-refractivity contribution in [3.05, 3.63) is 42.5 Å². The summed E-state index contributed by atoms with van der Waals surface area (Å²) in [5.74, 6) is -0.563. The fourth-order valence-corrected chi connectivity index (χ4v) is 1.23. The van der Waals surface area contributed by atoms with Gasteiger partial charge in [-0.15, -0.1) is 0 Å². The standard InChI is InChI=1S/C10H7NO2.2C2H6.CH5N/c12-9-6-7-10(13)11(9)8-4-2-1-3-5-8;3*1-2/h1-7H;2*1-2H3;2H2,1H3. The summed E-state index contributed by atoms with van der Waals surface area (Å²) in [5, 5.41) is 0. The van der Waals surface area contributed by atoms with Gasteiger partial charge in [-0.1, -0.05) is 45.9 Å². The highest BCUT2D eigenvalue weighted by Crippen LogP contribution is 2.17. The van der Waals surface area contributed by atoms with Crippen molar-refractivity contribution in [3.63, 3.8) is 0 Å². The van der Waals surface area contributed by atoms with Crippen molar-refractivity contribution in [2.75, 3.05) is 11.9 Å². The molecule has 2 N–H and O–H groups in total. The van der Waals surface area contributed by atoms with Crippen LogP contribution in [0.4, 0.5) is 5.69 Å². The number of carbonyl (C=O) groups is 2. The molecule has 4 nitrogen and oxygen atoms in total. The van der Waals surface area contributed by atoms with Crippen LogP contribution in [-0.4, -0.2) is 18.9 Å². The summed E-state index contributed by atoms with van der Waals surface area (Å²) in [4.78, 5) is 23.5. The molecule has 0 aliphatic carbocycles. The number of hydrogen-bond donors (Lipinski definition) is 1. The maximum atomic E-state index is 11.2. The van der Waals surface area contributed by atoms with Crippen LogP contribution in [0.1, 0.15) is 27.7 Å². The van der Waals surface area contributed by atoms with Crippen molar-refractivity contribution in [1.82, 2.24) is 0 Å². The van der Waals surface area contributed by atoms with Gasteiger partial charge in [0, 0.05) is 12.2 Å². The molecule has 0 bridgehead atoms. The Bertz CT molecular complexity index is 368. The van der Waals surface area contributed by atoms with Crippen molar-refractivity contribution >= 4 is 17.5 Å². The number of amides is 2. The minimum absolute atomic E-state index is 0.281. The van der Waals surface area contributed by atoms with Crippen molar-refractivity contribution in [3.8, 4) is 0 Å². The van der Waals surface area contributed by atoms with Gasteiger partial charge in [0.1, 0.15) is 0 Å². The molecular formula is C15H24N2O2. The molecule has 0 aromatic heterocycles. The summed E-state index contributed by atoms with van der Waals surface area (Å²) in [6, 6.07) is 8.86. The van der Waals surface area contributed by atoms with Gasteiger partial charge in [-0.05, 0) is 19.2 Å². The van der Waals surface area contributed by atoms with E-state index >= 15 is 0 Å². The molecular weight excluding hydrogens is 240 g/mol. The van der Waals surface area contributed by atoms with E-state index in [-0.39, 0.29) is 11.8 Å². The molecule has 0 unspecified atom stereocenters. The third-order valence-corrected chi connectivity index (χ3v) is 1.82. The first-order chi connectivity index (χ1) is 9.29. The highest BCUT2D eigenvalue weighted by molar-refractivity contribution is 6.28. The number of carbonyl (C=O) groups excluding carboxylic acids is 2. The number of imide groups is 1. The van der Waals surface area contributed by atoms with Crippen molar-refractivity contribution in [1.29, 1.82) is 0 Å². The molecule has 4 heteroatoms. The van der Waals surface area contributed by atoms with Gasteiger partial charge in [0.25, 0.3) is 11.8 Å². The van der Waals surface area contributed by atoms with Crippen LogP contribution in [0, 0.1) is 0 Å². The van der Waals surface area contributed by atoms with Crippen LogP contribution in [0.25, 0.3) is 0 Å². The van der Waals surface area contributed by atoms with Gasteiger partial charge >= 0.3 is 0 Å². The third-order valence-electron chi connectivity index (χ3n) is 1.82. The summed E-state index contributed by atoms with van der Waals surface area (Å²) in [7, 11) is 1.50. The molecule has 0 radical (unpaired) electrons. The van der Waals surface area contributed by atoms with Crippen LogP contribution in [0.3, 0.4) is 0 Å². The number of para-hydroxylation sites is 1. The molecule has 106 valence electrons. The predicted molar refractivity (Wildman–Crippen MR) is 80.9 cm³/mol. The first-order valence-electron chi connectivity index (χ1n) is 6.48. The van der Waals surface area contributed by atoms with E-state index in [0.717, 1.165) is 4.90 Å². The fourth-order valence-electron chi connectivity index (χ4n) is 1.23. The Kier molecular flexibility index (Phi) is 12.8. The SMILES string of the molecule is CC.CC.CN.O=C1C=CC(=O)N1c1ccccc1. The van der Waals surface area contributed by atoms with Crippen molar-refractivity contribution in [2.24, 2.45) is 5.73 Å². The van der Waals surface area contributed by atoms with E-state index in [2.05, 4.69) is 5.73 Å². The van der Waals surface area contributed by atoms with E-state index in [1.54, 1.807) is 24.3 Å². The molecule has 0 saturated heterocycles. The van der Waals surface area contributed by atoms with Gasteiger partial charge in [-0.2, -0.15) is 0 Å². The lowest BCUT2D eigenvalue weighted by Crippen LogP contribution is -2.29. The molecule has 1 aliphatic heterocycles. The highest BCUT2D eigenvalue weighted by Gasteiger charge is 2.24. The summed E-state index contributed by atoms with van der Waals surface area (Å²) >= 11 is 0. The Morgan fingerprint density at radius 1 is 0.789 bits per heavy atom. The molecule has 1 aliphatic rings. The van der Waals surface area contributed by atoms with E-state index in [1.165, 1.54) is 19.2 Å². The largest absolute Gasteiger partial charge is 0.333 e. The van der Waals surface area contributed by atoms with Gasteiger partial charge in [0.15, 0.2) is 0 Å².